The molecule has 3 heteroatoms. The third-order valence-electron chi connectivity index (χ3n) is 5.09. The fourth-order valence-corrected chi connectivity index (χ4v) is 4.25. The van der Waals surface area contributed by atoms with Gasteiger partial charge in [-0.25, -0.2) is 0 Å². The molecule has 2 unspecified atom stereocenters. The van der Waals surface area contributed by atoms with Gasteiger partial charge in [0.2, 0.25) is 0 Å². The number of fused-ring (bicyclic) bond motifs is 2. The van der Waals surface area contributed by atoms with Crippen molar-refractivity contribution >= 4 is 5.78 Å². The van der Waals surface area contributed by atoms with Crippen molar-refractivity contribution < 1.29 is 4.79 Å². The van der Waals surface area contributed by atoms with Gasteiger partial charge in [-0.1, -0.05) is 0 Å². The minimum Gasteiger partial charge on any atom is -0.317 e. The predicted octanol–water partition coefficient (Wildman–Crippen LogP) is 1.57. The van der Waals surface area contributed by atoms with Crippen molar-refractivity contribution in [2.75, 3.05) is 13.1 Å². The Bertz CT molecular complexity index is 285. The van der Waals surface area contributed by atoms with Crippen LogP contribution < -0.4 is 5.32 Å². The maximum absolute atomic E-state index is 11.6. The maximum Gasteiger partial charge on any atom is 0.133 e. The van der Waals surface area contributed by atoms with Crippen molar-refractivity contribution in [2.24, 2.45) is 5.92 Å². The molecule has 2 bridgehead atoms. The van der Waals surface area contributed by atoms with Crippen LogP contribution in [0.15, 0.2) is 0 Å². The van der Waals surface area contributed by atoms with Crippen molar-refractivity contribution in [2.45, 2.75) is 63.6 Å². The zero-order chi connectivity index (χ0) is 11.8. The third kappa shape index (κ3) is 2.15. The normalized spacial score (nSPS) is 39.5. The zero-order valence-corrected chi connectivity index (χ0v) is 10.8. The summed E-state index contributed by atoms with van der Waals surface area (Å²) in [5.41, 5.74) is 0. The minimum absolute atomic E-state index is 0.366. The Hall–Kier alpha value is -0.410. The smallest absolute Gasteiger partial charge is 0.133 e. The molecule has 96 valence electrons. The number of nitrogens with zero attached hydrogens (tertiary/aromatic N) is 1. The first-order chi connectivity index (χ1) is 8.25. The van der Waals surface area contributed by atoms with Crippen molar-refractivity contribution in [1.29, 1.82) is 0 Å². The van der Waals surface area contributed by atoms with E-state index >= 15 is 0 Å². The van der Waals surface area contributed by atoms with E-state index in [-0.39, 0.29) is 0 Å². The summed E-state index contributed by atoms with van der Waals surface area (Å²) in [6.07, 6.45) is 7.54. The summed E-state index contributed by atoms with van der Waals surface area (Å²) in [5.74, 6) is 0.789. The van der Waals surface area contributed by atoms with Crippen molar-refractivity contribution in [3.8, 4) is 0 Å². The Kier molecular flexibility index (Phi) is 3.22. The van der Waals surface area contributed by atoms with Crippen molar-refractivity contribution in [3.05, 3.63) is 0 Å². The molecular formula is C14H24N2O. The van der Waals surface area contributed by atoms with Gasteiger partial charge in [0, 0.05) is 24.0 Å². The van der Waals surface area contributed by atoms with Crippen LogP contribution in [0, 0.1) is 5.92 Å². The van der Waals surface area contributed by atoms with Gasteiger partial charge in [0.1, 0.15) is 5.78 Å². The van der Waals surface area contributed by atoms with Gasteiger partial charge in [0.15, 0.2) is 0 Å². The molecule has 0 aliphatic carbocycles. The molecule has 1 N–H and O–H groups in total. The number of hydrogen-bond donors (Lipinski definition) is 1. The summed E-state index contributed by atoms with van der Waals surface area (Å²) in [7, 11) is 0. The van der Waals surface area contributed by atoms with Crippen molar-refractivity contribution in [1.82, 2.24) is 10.2 Å². The molecule has 0 aromatic rings. The lowest BCUT2D eigenvalue weighted by Gasteiger charge is -2.44. The number of hydrogen-bond acceptors (Lipinski definition) is 3. The molecule has 0 aromatic heterocycles. The van der Waals surface area contributed by atoms with E-state index in [4.69, 9.17) is 0 Å². The van der Waals surface area contributed by atoms with Gasteiger partial charge in [-0.2, -0.15) is 0 Å². The Balaban J connectivity index is 1.69. The summed E-state index contributed by atoms with van der Waals surface area (Å²) < 4.78 is 0. The number of nitrogens with one attached hydrogen (secondary N) is 1. The highest BCUT2D eigenvalue weighted by atomic mass is 16.1. The molecule has 3 aliphatic rings. The van der Waals surface area contributed by atoms with E-state index in [9.17, 15) is 4.79 Å². The van der Waals surface area contributed by atoms with Crippen LogP contribution in [0.5, 0.6) is 0 Å². The first-order valence-electron chi connectivity index (χ1n) is 7.24. The van der Waals surface area contributed by atoms with E-state index in [0.29, 0.717) is 23.8 Å². The quantitative estimate of drug-likeness (QED) is 0.790. The molecule has 3 rings (SSSR count). The first kappa shape index (κ1) is 11.7. The highest BCUT2D eigenvalue weighted by molar-refractivity contribution is 5.78. The molecule has 0 radical (unpaired) electrons. The molecule has 3 nitrogen and oxygen atoms in total. The van der Waals surface area contributed by atoms with E-state index in [2.05, 4.69) is 10.2 Å². The highest BCUT2D eigenvalue weighted by Gasteiger charge is 2.44. The van der Waals surface area contributed by atoms with E-state index in [1.807, 2.05) is 0 Å². The van der Waals surface area contributed by atoms with E-state index in [1.165, 1.54) is 38.8 Å². The van der Waals surface area contributed by atoms with Crippen LogP contribution in [0.25, 0.3) is 0 Å². The standard InChI is InChI=1S/C14H24N2O/c1-10(17)11-8-13-2-3-14(9-11)16(13)12-4-6-15-7-5-12/h11-15H,2-9H2,1H3. The lowest BCUT2D eigenvalue weighted by molar-refractivity contribution is -0.123. The van der Waals surface area contributed by atoms with Crippen LogP contribution in [-0.4, -0.2) is 41.9 Å². The van der Waals surface area contributed by atoms with Gasteiger partial charge >= 0.3 is 0 Å². The second-order valence-electron chi connectivity index (χ2n) is 6.09. The summed E-state index contributed by atoms with van der Waals surface area (Å²) in [4.78, 5) is 14.4. The number of ketones is 1. The SMILES string of the molecule is CC(=O)C1CC2CCC(C1)N2C1CCNCC1. The molecule has 3 heterocycles. The summed E-state index contributed by atoms with van der Waals surface area (Å²) in [6, 6.07) is 2.22. The summed E-state index contributed by atoms with van der Waals surface area (Å²) >= 11 is 0. The fourth-order valence-electron chi connectivity index (χ4n) is 4.25. The van der Waals surface area contributed by atoms with Crippen LogP contribution in [0.4, 0.5) is 0 Å². The number of carbonyl (C=O) groups is 1. The van der Waals surface area contributed by atoms with E-state index < -0.39 is 0 Å². The molecule has 2 atom stereocenters. The zero-order valence-electron chi connectivity index (χ0n) is 10.8. The van der Waals surface area contributed by atoms with Crippen LogP contribution in [-0.2, 0) is 4.79 Å². The molecule has 17 heavy (non-hydrogen) atoms. The average Bonchev–Trinajstić information content (AvgIpc) is 2.60. The number of Topliss-reactive ketones (excluding diaryl/α,β-unsaturated/α-hetero) is 1. The van der Waals surface area contributed by atoms with Gasteiger partial charge in [0.05, 0.1) is 0 Å². The highest BCUT2D eigenvalue weighted by Crippen LogP contribution is 2.41. The Morgan fingerprint density at radius 2 is 1.59 bits per heavy atom. The summed E-state index contributed by atoms with van der Waals surface area (Å²) in [5, 5.41) is 3.45. The lowest BCUT2D eigenvalue weighted by Crippen LogP contribution is -2.52. The summed E-state index contributed by atoms with van der Waals surface area (Å²) in [6.45, 7) is 4.14. The molecule has 0 amide bonds. The molecule has 3 aliphatic heterocycles. The average molecular weight is 236 g/mol. The van der Waals surface area contributed by atoms with E-state index in [0.717, 1.165) is 18.9 Å². The third-order valence-corrected chi connectivity index (χ3v) is 5.09. The number of carbonyl (C=O) groups excluding carboxylic acids is 1. The van der Waals surface area contributed by atoms with E-state index in [1.54, 1.807) is 6.92 Å². The van der Waals surface area contributed by atoms with Gasteiger partial charge < -0.3 is 5.32 Å². The minimum atomic E-state index is 0.366. The van der Waals surface area contributed by atoms with Crippen molar-refractivity contribution in [3.63, 3.8) is 0 Å². The molecule has 0 aromatic carbocycles. The monoisotopic (exact) mass is 236 g/mol. The predicted molar refractivity (Wildman–Crippen MR) is 67.9 cm³/mol. The second-order valence-corrected chi connectivity index (χ2v) is 6.09. The molecule has 0 saturated carbocycles. The topological polar surface area (TPSA) is 32.3 Å². The van der Waals surface area contributed by atoms with Gasteiger partial charge in [-0.15, -0.1) is 0 Å². The van der Waals surface area contributed by atoms with Crippen LogP contribution >= 0.6 is 0 Å². The molecule has 3 fully saturated rings. The lowest BCUT2D eigenvalue weighted by atomic mass is 9.86. The Labute approximate surface area is 104 Å². The van der Waals surface area contributed by atoms with Gasteiger partial charge in [-0.05, 0) is 58.5 Å². The molecule has 3 saturated heterocycles. The van der Waals surface area contributed by atoms with Crippen LogP contribution in [0.1, 0.15) is 45.4 Å². The van der Waals surface area contributed by atoms with Gasteiger partial charge in [0.25, 0.3) is 0 Å². The Morgan fingerprint density at radius 1 is 1.00 bits per heavy atom. The largest absolute Gasteiger partial charge is 0.317 e. The number of rotatable bonds is 2. The number of piperidine rings is 2. The second kappa shape index (κ2) is 4.69. The van der Waals surface area contributed by atoms with Crippen LogP contribution in [0.2, 0.25) is 0 Å². The molecule has 0 spiro atoms. The first-order valence-corrected chi connectivity index (χ1v) is 7.24. The van der Waals surface area contributed by atoms with Crippen LogP contribution in [0.3, 0.4) is 0 Å². The fraction of sp³-hybridized carbons (Fsp3) is 0.929. The molecular weight excluding hydrogens is 212 g/mol. The Morgan fingerprint density at radius 3 is 2.12 bits per heavy atom. The van der Waals surface area contributed by atoms with Gasteiger partial charge in [-0.3, -0.25) is 9.69 Å². The maximum atomic E-state index is 11.6.